The van der Waals surface area contributed by atoms with E-state index in [1.165, 1.54) is 4.68 Å². The number of carbonyl (C=O) groups is 1. The van der Waals surface area contributed by atoms with Gasteiger partial charge < -0.3 is 5.32 Å². The maximum absolute atomic E-state index is 13.2. The van der Waals surface area contributed by atoms with Gasteiger partial charge in [0.25, 0.3) is 5.56 Å². The summed E-state index contributed by atoms with van der Waals surface area (Å²) in [5, 5.41) is 9.22. The van der Waals surface area contributed by atoms with Crippen molar-refractivity contribution in [1.29, 1.82) is 0 Å². The molecule has 1 fully saturated rings. The fraction of sp³-hybridized carbons (Fsp3) is 0.476. The van der Waals surface area contributed by atoms with E-state index in [4.69, 9.17) is 0 Å². The topological polar surface area (TPSA) is 64.0 Å². The number of rotatable bonds is 3. The van der Waals surface area contributed by atoms with Gasteiger partial charge >= 0.3 is 0 Å². The summed E-state index contributed by atoms with van der Waals surface area (Å²) in [4.78, 5) is 26.0. The largest absolute Gasteiger partial charge is 0.352 e. The summed E-state index contributed by atoms with van der Waals surface area (Å²) in [5.74, 6) is 0.610. The minimum absolute atomic E-state index is 0.123. The molecule has 1 atom stereocenters. The number of aromatic nitrogens is 2. The van der Waals surface area contributed by atoms with Gasteiger partial charge in [0.15, 0.2) is 0 Å². The van der Waals surface area contributed by atoms with Crippen molar-refractivity contribution >= 4 is 37.4 Å². The predicted molar refractivity (Wildman–Crippen MR) is 110 cm³/mol. The predicted octanol–water partition coefficient (Wildman–Crippen LogP) is 4.18. The molecule has 2 heterocycles. The number of aryl methyl sites for hydroxylation is 1. The minimum atomic E-state index is -0.626. The third-order valence-corrected chi connectivity index (χ3v) is 6.99. The van der Waals surface area contributed by atoms with E-state index in [-0.39, 0.29) is 17.5 Å². The van der Waals surface area contributed by atoms with E-state index in [0.717, 1.165) is 52.1 Å². The van der Waals surface area contributed by atoms with Crippen LogP contribution >= 0.6 is 11.3 Å². The molecule has 6 heteroatoms. The highest BCUT2D eigenvalue weighted by Crippen LogP contribution is 2.33. The molecule has 4 rings (SSSR count). The first-order valence-electron chi connectivity index (χ1n) is 9.66. The molecular weight excluding hydrogens is 358 g/mol. The van der Waals surface area contributed by atoms with Crippen LogP contribution in [0.2, 0.25) is 0 Å². The molecule has 1 amide bonds. The Hall–Kier alpha value is -2.21. The summed E-state index contributed by atoms with van der Waals surface area (Å²) in [6.07, 6.45) is 4.30. The van der Waals surface area contributed by atoms with Gasteiger partial charge in [0, 0.05) is 16.1 Å². The average Bonchev–Trinajstić information content (AvgIpc) is 3.06. The molecule has 1 aliphatic carbocycles. The standard InChI is InChI=1S/C21H25N3O2S/c1-12-8-10-15(11-9-12)22-20(25)14(3)24-21(26)18-16-6-4-5-7-17(16)27-19(18)13(2)23-24/h4-7,12,14-15H,8-11H2,1-3H3,(H,22,25)/t12?,14-,15?/m0/s1. The lowest BCUT2D eigenvalue weighted by molar-refractivity contribution is -0.125. The Morgan fingerprint density at radius 1 is 1.26 bits per heavy atom. The van der Waals surface area contributed by atoms with Crippen LogP contribution in [0.4, 0.5) is 0 Å². The Morgan fingerprint density at radius 3 is 2.70 bits per heavy atom. The van der Waals surface area contributed by atoms with E-state index in [9.17, 15) is 9.59 Å². The van der Waals surface area contributed by atoms with Crippen molar-refractivity contribution in [2.75, 3.05) is 0 Å². The highest BCUT2D eigenvalue weighted by atomic mass is 32.1. The van der Waals surface area contributed by atoms with Crippen LogP contribution in [0, 0.1) is 12.8 Å². The third kappa shape index (κ3) is 3.27. The van der Waals surface area contributed by atoms with Gasteiger partial charge in [-0.3, -0.25) is 9.59 Å². The number of hydrogen-bond acceptors (Lipinski definition) is 4. The van der Waals surface area contributed by atoms with Gasteiger partial charge in [-0.2, -0.15) is 5.10 Å². The average molecular weight is 384 g/mol. The molecular formula is C21H25N3O2S. The monoisotopic (exact) mass is 383 g/mol. The Balaban J connectivity index is 1.68. The lowest BCUT2D eigenvalue weighted by atomic mass is 9.87. The highest BCUT2D eigenvalue weighted by Gasteiger charge is 2.25. The number of hydrogen-bond donors (Lipinski definition) is 1. The van der Waals surface area contributed by atoms with Crippen molar-refractivity contribution in [2.45, 2.75) is 58.5 Å². The summed E-state index contributed by atoms with van der Waals surface area (Å²) in [6, 6.07) is 7.47. The fourth-order valence-electron chi connectivity index (χ4n) is 3.98. The zero-order chi connectivity index (χ0) is 19.1. The molecule has 2 aromatic heterocycles. The second-order valence-corrected chi connectivity index (χ2v) is 8.83. The first-order chi connectivity index (χ1) is 13.0. The van der Waals surface area contributed by atoms with Gasteiger partial charge in [-0.25, -0.2) is 4.68 Å². The molecule has 27 heavy (non-hydrogen) atoms. The quantitative estimate of drug-likeness (QED) is 0.738. The van der Waals surface area contributed by atoms with E-state index >= 15 is 0 Å². The number of benzene rings is 1. The smallest absolute Gasteiger partial charge is 0.276 e. The van der Waals surface area contributed by atoms with E-state index in [1.807, 2.05) is 31.2 Å². The Bertz CT molecular complexity index is 1060. The number of thiophene rings is 1. The number of carbonyl (C=O) groups excluding carboxylic acids is 1. The maximum atomic E-state index is 13.2. The maximum Gasteiger partial charge on any atom is 0.276 e. The van der Waals surface area contributed by atoms with Crippen LogP contribution in [0.15, 0.2) is 29.1 Å². The van der Waals surface area contributed by atoms with Gasteiger partial charge in [-0.1, -0.05) is 25.1 Å². The minimum Gasteiger partial charge on any atom is -0.352 e. The van der Waals surface area contributed by atoms with Crippen LogP contribution in [0.5, 0.6) is 0 Å². The molecule has 0 unspecified atom stereocenters. The molecule has 0 radical (unpaired) electrons. The van der Waals surface area contributed by atoms with Crippen molar-refractivity contribution in [1.82, 2.24) is 15.1 Å². The van der Waals surface area contributed by atoms with Gasteiger partial charge in [-0.15, -0.1) is 11.3 Å². The van der Waals surface area contributed by atoms with Gasteiger partial charge in [0.05, 0.1) is 15.8 Å². The second-order valence-electron chi connectivity index (χ2n) is 7.78. The molecule has 1 aromatic carbocycles. The zero-order valence-corrected chi connectivity index (χ0v) is 16.8. The van der Waals surface area contributed by atoms with Crippen LogP contribution in [-0.4, -0.2) is 21.7 Å². The van der Waals surface area contributed by atoms with E-state index < -0.39 is 6.04 Å². The molecule has 0 spiro atoms. The SMILES string of the molecule is Cc1nn([C@@H](C)C(=O)NC2CCC(C)CC2)c(=O)c2c1sc1ccccc12. The molecule has 0 bridgehead atoms. The van der Waals surface area contributed by atoms with Crippen molar-refractivity contribution in [3.63, 3.8) is 0 Å². The Kier molecular flexibility index (Phi) is 4.76. The third-order valence-electron chi connectivity index (χ3n) is 5.71. The van der Waals surface area contributed by atoms with Crippen molar-refractivity contribution in [2.24, 2.45) is 5.92 Å². The van der Waals surface area contributed by atoms with Crippen LogP contribution in [-0.2, 0) is 4.79 Å². The van der Waals surface area contributed by atoms with E-state index in [0.29, 0.717) is 5.39 Å². The highest BCUT2D eigenvalue weighted by molar-refractivity contribution is 7.26. The normalized spacial score (nSPS) is 21.4. The molecule has 0 aliphatic heterocycles. The van der Waals surface area contributed by atoms with Gasteiger partial charge in [0.1, 0.15) is 6.04 Å². The molecule has 142 valence electrons. The van der Waals surface area contributed by atoms with Crippen LogP contribution in [0.1, 0.15) is 51.3 Å². The Morgan fingerprint density at radius 2 is 1.96 bits per heavy atom. The number of nitrogens with zero attached hydrogens (tertiary/aromatic N) is 2. The van der Waals surface area contributed by atoms with E-state index in [2.05, 4.69) is 17.3 Å². The summed E-state index contributed by atoms with van der Waals surface area (Å²) in [6.45, 7) is 5.92. The molecule has 5 nitrogen and oxygen atoms in total. The lowest BCUT2D eigenvalue weighted by Gasteiger charge is -2.28. The molecule has 1 saturated carbocycles. The first kappa shape index (κ1) is 18.2. The number of fused-ring (bicyclic) bond motifs is 3. The number of nitrogens with one attached hydrogen (secondary N) is 1. The fourth-order valence-corrected chi connectivity index (χ4v) is 5.11. The van der Waals surface area contributed by atoms with E-state index in [1.54, 1.807) is 18.3 Å². The number of amides is 1. The van der Waals surface area contributed by atoms with Crippen molar-refractivity contribution in [3.05, 3.63) is 40.3 Å². The summed E-state index contributed by atoms with van der Waals surface area (Å²) >= 11 is 1.58. The molecule has 0 saturated heterocycles. The van der Waals surface area contributed by atoms with Crippen LogP contribution in [0.3, 0.4) is 0 Å². The van der Waals surface area contributed by atoms with Crippen molar-refractivity contribution in [3.8, 4) is 0 Å². The van der Waals surface area contributed by atoms with Crippen LogP contribution < -0.4 is 10.9 Å². The summed E-state index contributed by atoms with van der Waals surface area (Å²) in [5.41, 5.74) is 0.602. The molecule has 3 aromatic rings. The molecule has 1 N–H and O–H groups in total. The Labute approximate surface area is 162 Å². The summed E-state index contributed by atoms with van der Waals surface area (Å²) < 4.78 is 3.34. The molecule has 1 aliphatic rings. The van der Waals surface area contributed by atoms with Gasteiger partial charge in [-0.05, 0) is 51.5 Å². The van der Waals surface area contributed by atoms with Crippen molar-refractivity contribution < 1.29 is 4.79 Å². The first-order valence-corrected chi connectivity index (χ1v) is 10.5. The lowest BCUT2D eigenvalue weighted by Crippen LogP contribution is -2.43. The van der Waals surface area contributed by atoms with Crippen LogP contribution in [0.25, 0.3) is 20.2 Å². The van der Waals surface area contributed by atoms with Gasteiger partial charge in [0.2, 0.25) is 5.91 Å². The zero-order valence-electron chi connectivity index (χ0n) is 16.0. The summed E-state index contributed by atoms with van der Waals surface area (Å²) in [7, 11) is 0. The second kappa shape index (κ2) is 7.08.